The highest BCUT2D eigenvalue weighted by atomic mass is 35.5. The molecule has 0 radical (unpaired) electrons. The summed E-state index contributed by atoms with van der Waals surface area (Å²) in [7, 11) is 0. The van der Waals surface area contributed by atoms with Crippen molar-refractivity contribution >= 4 is 11.6 Å². The highest BCUT2D eigenvalue weighted by Gasteiger charge is 2.10. The van der Waals surface area contributed by atoms with Gasteiger partial charge in [0.2, 0.25) is 5.88 Å². The normalized spacial score (nSPS) is 10.7. The molecule has 5 nitrogen and oxygen atoms in total. The minimum atomic E-state index is -0.324. The Bertz CT molecular complexity index is 571. The van der Waals surface area contributed by atoms with Crippen LogP contribution in [0, 0.1) is 0 Å². The van der Waals surface area contributed by atoms with Crippen molar-refractivity contribution in [3.05, 3.63) is 46.0 Å². The van der Waals surface area contributed by atoms with Crippen LogP contribution in [0.1, 0.15) is 0 Å². The van der Waals surface area contributed by atoms with Gasteiger partial charge in [-0.05, 0) is 24.3 Å². The smallest absolute Gasteiger partial charge is 0.335 e. The summed E-state index contributed by atoms with van der Waals surface area (Å²) in [6.45, 7) is 0.573. The Morgan fingerprint density at radius 3 is 2.53 bits per heavy atom. The molecule has 0 fully saturated rings. The SMILES string of the molecule is NCCn1c(O)cn(-c2ccc(Cl)cc2)c1=O. The molecule has 90 valence electrons. The number of halogens is 1. The third-order valence-corrected chi connectivity index (χ3v) is 2.67. The highest BCUT2D eigenvalue weighted by Crippen LogP contribution is 2.14. The molecule has 3 N–H and O–H groups in total. The van der Waals surface area contributed by atoms with Crippen molar-refractivity contribution in [2.24, 2.45) is 5.73 Å². The lowest BCUT2D eigenvalue weighted by molar-refractivity contribution is 0.415. The molecule has 2 rings (SSSR count). The standard InChI is InChI=1S/C11H12ClN3O2/c12-8-1-3-9(4-2-8)15-7-10(16)14(6-5-13)11(15)17/h1-4,7,16H,5-6,13H2. The third-order valence-electron chi connectivity index (χ3n) is 2.42. The minimum absolute atomic E-state index is 0.101. The van der Waals surface area contributed by atoms with Gasteiger partial charge in [0.1, 0.15) is 0 Å². The quantitative estimate of drug-likeness (QED) is 0.856. The molecule has 0 spiro atoms. The van der Waals surface area contributed by atoms with Crippen LogP contribution in [0.25, 0.3) is 5.69 Å². The van der Waals surface area contributed by atoms with Gasteiger partial charge in [0, 0.05) is 18.1 Å². The summed E-state index contributed by atoms with van der Waals surface area (Å²) in [5.41, 5.74) is 5.69. The summed E-state index contributed by atoms with van der Waals surface area (Å²) < 4.78 is 2.57. The maximum atomic E-state index is 11.9. The van der Waals surface area contributed by atoms with Gasteiger partial charge in [-0.1, -0.05) is 11.6 Å². The monoisotopic (exact) mass is 253 g/mol. The van der Waals surface area contributed by atoms with Gasteiger partial charge in [0.05, 0.1) is 11.9 Å². The molecule has 0 saturated carbocycles. The van der Waals surface area contributed by atoms with Gasteiger partial charge in [-0.3, -0.25) is 9.13 Å². The van der Waals surface area contributed by atoms with Gasteiger partial charge in [-0.2, -0.15) is 0 Å². The number of hydrogen-bond acceptors (Lipinski definition) is 3. The van der Waals surface area contributed by atoms with E-state index in [1.165, 1.54) is 15.3 Å². The van der Waals surface area contributed by atoms with Crippen LogP contribution in [0.2, 0.25) is 5.02 Å². The molecule has 1 heterocycles. The van der Waals surface area contributed by atoms with E-state index < -0.39 is 0 Å². The second kappa shape index (κ2) is 4.65. The molecule has 1 aromatic heterocycles. The highest BCUT2D eigenvalue weighted by molar-refractivity contribution is 6.30. The Morgan fingerprint density at radius 1 is 1.29 bits per heavy atom. The maximum Gasteiger partial charge on any atom is 0.335 e. The lowest BCUT2D eigenvalue weighted by Gasteiger charge is -2.01. The Labute approximate surface area is 103 Å². The van der Waals surface area contributed by atoms with Crippen molar-refractivity contribution in [2.75, 3.05) is 6.54 Å². The van der Waals surface area contributed by atoms with Crippen molar-refractivity contribution in [2.45, 2.75) is 6.54 Å². The molecular formula is C11H12ClN3O2. The Kier molecular flexibility index (Phi) is 3.21. The molecule has 0 unspecified atom stereocenters. The first-order valence-electron chi connectivity index (χ1n) is 5.10. The number of aromatic nitrogens is 2. The van der Waals surface area contributed by atoms with Crippen LogP contribution < -0.4 is 11.4 Å². The summed E-state index contributed by atoms with van der Waals surface area (Å²) in [6.07, 6.45) is 1.36. The van der Waals surface area contributed by atoms with Crippen molar-refractivity contribution in [3.8, 4) is 11.6 Å². The van der Waals surface area contributed by atoms with Gasteiger partial charge in [0.15, 0.2) is 0 Å². The Morgan fingerprint density at radius 2 is 1.94 bits per heavy atom. The summed E-state index contributed by atoms with van der Waals surface area (Å²) in [5.74, 6) is -0.101. The fourth-order valence-electron chi connectivity index (χ4n) is 1.59. The van der Waals surface area contributed by atoms with E-state index in [2.05, 4.69) is 0 Å². The molecule has 2 aromatic rings. The van der Waals surface area contributed by atoms with Gasteiger partial charge in [-0.15, -0.1) is 0 Å². The van der Waals surface area contributed by atoms with E-state index in [1.807, 2.05) is 0 Å². The Balaban J connectivity index is 2.50. The third kappa shape index (κ3) is 2.20. The van der Waals surface area contributed by atoms with Gasteiger partial charge in [0.25, 0.3) is 0 Å². The number of benzene rings is 1. The zero-order valence-electron chi connectivity index (χ0n) is 9.01. The number of nitrogens with two attached hydrogens (primary N) is 1. The molecule has 17 heavy (non-hydrogen) atoms. The van der Waals surface area contributed by atoms with Crippen LogP contribution in [0.3, 0.4) is 0 Å². The number of nitrogens with zero attached hydrogens (tertiary/aromatic N) is 2. The van der Waals surface area contributed by atoms with E-state index >= 15 is 0 Å². The fraction of sp³-hybridized carbons (Fsp3) is 0.182. The average Bonchev–Trinajstić information content (AvgIpc) is 2.59. The van der Waals surface area contributed by atoms with Crippen LogP contribution in [0.4, 0.5) is 0 Å². The van der Waals surface area contributed by atoms with E-state index in [1.54, 1.807) is 24.3 Å². The lowest BCUT2D eigenvalue weighted by Crippen LogP contribution is -2.25. The van der Waals surface area contributed by atoms with E-state index in [4.69, 9.17) is 17.3 Å². The number of rotatable bonds is 3. The largest absolute Gasteiger partial charge is 0.493 e. The predicted octanol–water partition coefficient (Wildman–Crippen LogP) is 0.957. The summed E-state index contributed by atoms with van der Waals surface area (Å²) in [6, 6.07) is 6.77. The van der Waals surface area contributed by atoms with Crippen LogP contribution in [-0.4, -0.2) is 20.8 Å². The van der Waals surface area contributed by atoms with Crippen LogP contribution in [0.5, 0.6) is 5.88 Å². The summed E-state index contributed by atoms with van der Waals surface area (Å²) in [5, 5.41) is 10.2. The van der Waals surface area contributed by atoms with Gasteiger partial charge < -0.3 is 10.8 Å². The molecule has 0 atom stereocenters. The first kappa shape index (κ1) is 11.8. The molecule has 1 aromatic carbocycles. The van der Waals surface area contributed by atoms with Crippen molar-refractivity contribution in [3.63, 3.8) is 0 Å². The van der Waals surface area contributed by atoms with Gasteiger partial charge in [-0.25, -0.2) is 4.79 Å². The zero-order chi connectivity index (χ0) is 12.4. The molecule has 0 aliphatic carbocycles. The second-order valence-electron chi connectivity index (χ2n) is 3.56. The van der Waals surface area contributed by atoms with E-state index in [-0.39, 0.29) is 24.7 Å². The van der Waals surface area contributed by atoms with Gasteiger partial charge >= 0.3 is 5.69 Å². The first-order valence-corrected chi connectivity index (χ1v) is 5.48. The van der Waals surface area contributed by atoms with Crippen molar-refractivity contribution < 1.29 is 5.11 Å². The molecule has 0 amide bonds. The minimum Gasteiger partial charge on any atom is -0.493 e. The maximum absolute atomic E-state index is 11.9. The number of hydrogen-bond donors (Lipinski definition) is 2. The molecule has 0 aliphatic heterocycles. The summed E-state index contributed by atoms with van der Waals surface area (Å²) >= 11 is 5.77. The topological polar surface area (TPSA) is 73.2 Å². The zero-order valence-corrected chi connectivity index (χ0v) is 9.76. The van der Waals surface area contributed by atoms with Crippen molar-refractivity contribution in [1.82, 2.24) is 9.13 Å². The average molecular weight is 254 g/mol. The number of imidazole rings is 1. The lowest BCUT2D eigenvalue weighted by atomic mass is 10.3. The van der Waals surface area contributed by atoms with Crippen LogP contribution in [-0.2, 0) is 6.54 Å². The molecule has 0 saturated heterocycles. The second-order valence-corrected chi connectivity index (χ2v) is 3.99. The molecule has 0 aliphatic rings. The molecule has 0 bridgehead atoms. The van der Waals surface area contributed by atoms with Crippen LogP contribution in [0.15, 0.2) is 35.3 Å². The fourth-order valence-corrected chi connectivity index (χ4v) is 1.72. The summed E-state index contributed by atoms with van der Waals surface area (Å²) in [4.78, 5) is 11.9. The van der Waals surface area contributed by atoms with Crippen LogP contribution >= 0.6 is 11.6 Å². The number of aromatic hydroxyl groups is 1. The Hall–Kier alpha value is -1.72. The first-order chi connectivity index (χ1) is 8.13. The molecule has 6 heteroatoms. The van der Waals surface area contributed by atoms with E-state index in [0.29, 0.717) is 10.7 Å². The van der Waals surface area contributed by atoms with E-state index in [0.717, 1.165) is 0 Å². The van der Waals surface area contributed by atoms with Crippen molar-refractivity contribution in [1.29, 1.82) is 0 Å². The predicted molar refractivity (Wildman–Crippen MR) is 65.8 cm³/mol. The van der Waals surface area contributed by atoms with E-state index in [9.17, 15) is 9.90 Å². The molecular weight excluding hydrogens is 242 g/mol.